The van der Waals surface area contributed by atoms with Crippen molar-refractivity contribution in [3.8, 4) is 0 Å². The highest BCUT2D eigenvalue weighted by molar-refractivity contribution is 7.13. The van der Waals surface area contributed by atoms with Gasteiger partial charge in [-0.25, -0.2) is 4.98 Å². The van der Waals surface area contributed by atoms with Gasteiger partial charge in [0, 0.05) is 17.2 Å². The average Bonchev–Trinajstić information content (AvgIpc) is 2.80. The molecule has 3 rings (SSSR count). The summed E-state index contributed by atoms with van der Waals surface area (Å²) < 4.78 is 5.27. The van der Waals surface area contributed by atoms with E-state index in [2.05, 4.69) is 22.0 Å². The Bertz CT molecular complexity index is 544. The van der Waals surface area contributed by atoms with Crippen molar-refractivity contribution < 1.29 is 4.52 Å². The van der Waals surface area contributed by atoms with Gasteiger partial charge < -0.3 is 10.3 Å². The Labute approximate surface area is 109 Å². The Hall–Kier alpha value is -1.43. The van der Waals surface area contributed by atoms with Crippen molar-refractivity contribution in [3.05, 3.63) is 22.8 Å². The highest BCUT2D eigenvalue weighted by Gasteiger charge is 2.43. The molecule has 6 heteroatoms. The third kappa shape index (κ3) is 2.38. The van der Waals surface area contributed by atoms with Crippen LogP contribution in [0.3, 0.4) is 0 Å². The van der Waals surface area contributed by atoms with E-state index in [9.17, 15) is 0 Å². The number of aromatic nitrogens is 3. The maximum atomic E-state index is 5.59. The lowest BCUT2D eigenvalue weighted by atomic mass is 10.1. The van der Waals surface area contributed by atoms with Gasteiger partial charge in [-0.3, -0.25) is 0 Å². The molecule has 0 saturated heterocycles. The van der Waals surface area contributed by atoms with Crippen molar-refractivity contribution in [3.63, 3.8) is 0 Å². The van der Waals surface area contributed by atoms with Crippen LogP contribution in [0.1, 0.15) is 43.6 Å². The maximum absolute atomic E-state index is 5.59. The fourth-order valence-corrected chi connectivity index (χ4v) is 2.47. The molecule has 5 nitrogen and oxygen atoms in total. The van der Waals surface area contributed by atoms with E-state index in [-0.39, 0.29) is 5.41 Å². The van der Waals surface area contributed by atoms with Crippen molar-refractivity contribution in [1.82, 2.24) is 15.1 Å². The van der Waals surface area contributed by atoms with Crippen molar-refractivity contribution in [1.29, 1.82) is 0 Å². The molecule has 0 unspecified atom stereocenters. The van der Waals surface area contributed by atoms with E-state index in [1.54, 1.807) is 0 Å². The lowest BCUT2D eigenvalue weighted by Crippen LogP contribution is -2.02. The molecular weight excluding hydrogens is 248 g/mol. The molecular formula is C12H16N4OS. The number of anilines is 1. The van der Waals surface area contributed by atoms with Gasteiger partial charge in [-0.15, -0.1) is 11.3 Å². The molecule has 1 fully saturated rings. The lowest BCUT2D eigenvalue weighted by molar-refractivity contribution is 0.367. The van der Waals surface area contributed by atoms with E-state index in [1.807, 2.05) is 5.38 Å². The van der Waals surface area contributed by atoms with Crippen molar-refractivity contribution in [2.24, 2.45) is 0 Å². The van der Waals surface area contributed by atoms with Gasteiger partial charge in [0.15, 0.2) is 11.0 Å². The van der Waals surface area contributed by atoms with Crippen LogP contribution in [0.5, 0.6) is 0 Å². The maximum Gasteiger partial charge on any atom is 0.226 e. The summed E-state index contributed by atoms with van der Waals surface area (Å²) in [6.45, 7) is 2.18. The molecule has 2 aromatic rings. The number of aryl methyl sites for hydroxylation is 2. The summed E-state index contributed by atoms with van der Waals surface area (Å²) in [6, 6.07) is 0. The van der Waals surface area contributed by atoms with E-state index in [1.165, 1.54) is 24.2 Å². The summed E-state index contributed by atoms with van der Waals surface area (Å²) in [7, 11) is 0. The highest BCUT2D eigenvalue weighted by Crippen LogP contribution is 2.45. The minimum absolute atomic E-state index is 0.186. The van der Waals surface area contributed by atoms with Crippen LogP contribution >= 0.6 is 11.3 Å². The molecule has 0 bridgehead atoms. The Kier molecular flexibility index (Phi) is 2.81. The molecule has 0 spiro atoms. The van der Waals surface area contributed by atoms with Crippen LogP contribution in [0.15, 0.2) is 9.90 Å². The molecule has 96 valence electrons. The first kappa shape index (κ1) is 11.6. The molecule has 1 aliphatic rings. The predicted octanol–water partition coefficient (Wildman–Crippen LogP) is 2.34. The number of hydrogen-bond acceptors (Lipinski definition) is 6. The summed E-state index contributed by atoms with van der Waals surface area (Å²) in [5, 5.41) is 6.69. The second-order valence-corrected chi connectivity index (χ2v) is 5.99. The number of nitrogen functional groups attached to an aromatic ring is 1. The van der Waals surface area contributed by atoms with E-state index in [0.29, 0.717) is 5.13 Å². The zero-order valence-electron chi connectivity index (χ0n) is 10.3. The number of nitrogens with zero attached hydrogens (tertiary/aromatic N) is 3. The van der Waals surface area contributed by atoms with Crippen LogP contribution < -0.4 is 5.73 Å². The van der Waals surface area contributed by atoms with Crippen LogP contribution in [0, 0.1) is 0 Å². The zero-order valence-corrected chi connectivity index (χ0v) is 11.2. The predicted molar refractivity (Wildman–Crippen MR) is 69.4 cm³/mol. The van der Waals surface area contributed by atoms with Gasteiger partial charge in [-0.05, 0) is 25.7 Å². The standard InChI is InChI=1S/C12H16N4OS/c1-12(5-6-12)10-15-9(17-16-10)4-2-3-8-7-18-11(13)14-8/h7H,2-6H2,1H3,(H2,13,14). The monoisotopic (exact) mass is 264 g/mol. The van der Waals surface area contributed by atoms with Gasteiger partial charge in [0.25, 0.3) is 0 Å². The quantitative estimate of drug-likeness (QED) is 0.896. The third-order valence-corrected chi connectivity index (χ3v) is 4.12. The van der Waals surface area contributed by atoms with Crippen LogP contribution in [-0.4, -0.2) is 15.1 Å². The number of nitrogens with two attached hydrogens (primary N) is 1. The summed E-state index contributed by atoms with van der Waals surface area (Å²) >= 11 is 1.48. The van der Waals surface area contributed by atoms with Gasteiger partial charge in [0.1, 0.15) is 0 Å². The number of thiazole rings is 1. The largest absolute Gasteiger partial charge is 0.375 e. The SMILES string of the molecule is CC1(c2noc(CCCc3csc(N)n3)n2)CC1. The minimum atomic E-state index is 0.186. The molecule has 2 heterocycles. The van der Waals surface area contributed by atoms with Gasteiger partial charge >= 0.3 is 0 Å². The Morgan fingerprint density at radius 2 is 2.22 bits per heavy atom. The summed E-state index contributed by atoms with van der Waals surface area (Å²) in [6.07, 6.45) is 5.01. The zero-order chi connectivity index (χ0) is 12.6. The summed E-state index contributed by atoms with van der Waals surface area (Å²) in [5.74, 6) is 1.61. The molecule has 1 aliphatic carbocycles. The second kappa shape index (κ2) is 4.35. The minimum Gasteiger partial charge on any atom is -0.375 e. The summed E-state index contributed by atoms with van der Waals surface area (Å²) in [5.41, 5.74) is 6.82. The molecule has 0 aromatic carbocycles. The molecule has 0 aliphatic heterocycles. The van der Waals surface area contributed by atoms with Crippen LogP contribution in [0.25, 0.3) is 0 Å². The van der Waals surface area contributed by atoms with Gasteiger partial charge in [-0.2, -0.15) is 4.98 Å². The first-order chi connectivity index (χ1) is 8.66. The molecule has 0 amide bonds. The molecule has 2 aromatic heterocycles. The fraction of sp³-hybridized carbons (Fsp3) is 0.583. The van der Waals surface area contributed by atoms with Gasteiger partial charge in [-0.1, -0.05) is 12.1 Å². The lowest BCUT2D eigenvalue weighted by Gasteiger charge is -1.97. The van der Waals surface area contributed by atoms with Crippen LogP contribution in [0.4, 0.5) is 5.13 Å². The normalized spacial score (nSPS) is 16.9. The van der Waals surface area contributed by atoms with E-state index >= 15 is 0 Å². The Balaban J connectivity index is 1.52. The second-order valence-electron chi connectivity index (χ2n) is 5.10. The first-order valence-electron chi connectivity index (χ1n) is 6.19. The van der Waals surface area contributed by atoms with Crippen molar-refractivity contribution >= 4 is 16.5 Å². The third-order valence-electron chi connectivity index (χ3n) is 3.40. The van der Waals surface area contributed by atoms with Gasteiger partial charge in [0.2, 0.25) is 5.89 Å². The van der Waals surface area contributed by atoms with E-state index in [0.717, 1.165) is 36.7 Å². The molecule has 0 radical (unpaired) electrons. The van der Waals surface area contributed by atoms with Crippen LogP contribution in [0.2, 0.25) is 0 Å². The molecule has 0 atom stereocenters. The highest BCUT2D eigenvalue weighted by atomic mass is 32.1. The smallest absolute Gasteiger partial charge is 0.226 e. The fourth-order valence-electron chi connectivity index (χ4n) is 1.87. The number of rotatable bonds is 5. The van der Waals surface area contributed by atoms with E-state index in [4.69, 9.17) is 10.3 Å². The van der Waals surface area contributed by atoms with E-state index < -0.39 is 0 Å². The Morgan fingerprint density at radius 1 is 1.39 bits per heavy atom. The van der Waals surface area contributed by atoms with Crippen molar-refractivity contribution in [2.45, 2.75) is 44.4 Å². The summed E-state index contributed by atoms with van der Waals surface area (Å²) in [4.78, 5) is 8.69. The average molecular weight is 264 g/mol. The molecule has 1 saturated carbocycles. The molecule has 2 N–H and O–H groups in total. The van der Waals surface area contributed by atoms with Gasteiger partial charge in [0.05, 0.1) is 5.69 Å². The number of hydrogen-bond donors (Lipinski definition) is 1. The van der Waals surface area contributed by atoms with Crippen LogP contribution in [-0.2, 0) is 18.3 Å². The first-order valence-corrected chi connectivity index (χ1v) is 7.07. The molecule has 18 heavy (non-hydrogen) atoms. The topological polar surface area (TPSA) is 77.8 Å². The Morgan fingerprint density at radius 3 is 2.89 bits per heavy atom. The van der Waals surface area contributed by atoms with Crippen molar-refractivity contribution in [2.75, 3.05) is 5.73 Å².